The molecule has 2 aromatic carbocycles. The van der Waals surface area contributed by atoms with Crippen LogP contribution in [-0.2, 0) is 0 Å². The summed E-state index contributed by atoms with van der Waals surface area (Å²) >= 11 is 0. The predicted molar refractivity (Wildman–Crippen MR) is 76.7 cm³/mol. The Labute approximate surface area is 120 Å². The van der Waals surface area contributed by atoms with Crippen molar-refractivity contribution < 1.29 is 24.5 Å². The second kappa shape index (κ2) is 5.96. The summed E-state index contributed by atoms with van der Waals surface area (Å²) in [6.45, 7) is 0. The first-order valence-corrected chi connectivity index (χ1v) is 6.02. The molecule has 6 nitrogen and oxygen atoms in total. The van der Waals surface area contributed by atoms with Crippen LogP contribution in [0.4, 0.5) is 16.2 Å². The summed E-state index contributed by atoms with van der Waals surface area (Å²) in [4.78, 5) is 23.5. The molecule has 0 aliphatic heterocycles. The highest BCUT2D eigenvalue weighted by atomic mass is 16.5. The lowest BCUT2D eigenvalue weighted by molar-refractivity contribution is 0.112. The van der Waals surface area contributed by atoms with Crippen molar-refractivity contribution in [2.45, 2.75) is 0 Å². The molecule has 1 amide bonds. The maximum absolute atomic E-state index is 11.5. The van der Waals surface area contributed by atoms with Crippen LogP contribution in [0.25, 0.3) is 0 Å². The van der Waals surface area contributed by atoms with E-state index in [0.717, 1.165) is 4.90 Å². The van der Waals surface area contributed by atoms with Gasteiger partial charge >= 0.3 is 6.09 Å². The fourth-order valence-corrected chi connectivity index (χ4v) is 1.94. The minimum Gasteiger partial charge on any atom is -0.504 e. The van der Waals surface area contributed by atoms with Crippen molar-refractivity contribution in [1.29, 1.82) is 0 Å². The number of rotatable bonds is 4. The number of nitrogens with zero attached hydrogens (tertiary/aromatic N) is 1. The second-order valence-electron chi connectivity index (χ2n) is 4.16. The average Bonchev–Trinajstić information content (AvgIpc) is 2.49. The average molecular weight is 287 g/mol. The van der Waals surface area contributed by atoms with E-state index < -0.39 is 6.09 Å². The van der Waals surface area contributed by atoms with Crippen molar-refractivity contribution in [3.63, 3.8) is 0 Å². The Balaban J connectivity index is 2.61. The van der Waals surface area contributed by atoms with Gasteiger partial charge in [-0.2, -0.15) is 0 Å². The maximum atomic E-state index is 11.5. The smallest absolute Gasteiger partial charge is 0.416 e. The molecule has 0 unspecified atom stereocenters. The van der Waals surface area contributed by atoms with Crippen molar-refractivity contribution in [1.82, 2.24) is 0 Å². The molecular weight excluding hydrogens is 274 g/mol. The van der Waals surface area contributed by atoms with Gasteiger partial charge in [0.15, 0.2) is 17.8 Å². The van der Waals surface area contributed by atoms with Crippen molar-refractivity contribution in [2.75, 3.05) is 12.0 Å². The summed E-state index contributed by atoms with van der Waals surface area (Å²) in [5.41, 5.74) is 0.562. The zero-order chi connectivity index (χ0) is 15.4. The van der Waals surface area contributed by atoms with Crippen molar-refractivity contribution in [3.05, 3.63) is 48.0 Å². The monoisotopic (exact) mass is 287 g/mol. The van der Waals surface area contributed by atoms with Gasteiger partial charge in [0.25, 0.3) is 0 Å². The Morgan fingerprint density at radius 2 is 1.86 bits per heavy atom. The zero-order valence-electron chi connectivity index (χ0n) is 11.2. The van der Waals surface area contributed by atoms with Gasteiger partial charge in [0, 0.05) is 6.07 Å². The largest absolute Gasteiger partial charge is 0.504 e. The fraction of sp³-hybridized carbons (Fsp3) is 0.0667. The van der Waals surface area contributed by atoms with E-state index in [4.69, 9.17) is 4.74 Å². The summed E-state index contributed by atoms with van der Waals surface area (Å²) in [6.07, 6.45) is -0.780. The Hall–Kier alpha value is -3.02. The van der Waals surface area contributed by atoms with Crippen LogP contribution in [0.1, 0.15) is 10.4 Å². The van der Waals surface area contributed by atoms with Gasteiger partial charge in [-0.25, -0.2) is 9.69 Å². The number of phenolic OH excluding ortho intramolecular Hbond substituents is 1. The van der Waals surface area contributed by atoms with Gasteiger partial charge in [0.05, 0.1) is 24.0 Å². The molecular formula is C15H13NO5. The van der Waals surface area contributed by atoms with Crippen LogP contribution in [0.2, 0.25) is 0 Å². The number of carboxylic acid groups (broad SMARTS) is 1. The number of ether oxygens (including phenoxy) is 1. The zero-order valence-corrected chi connectivity index (χ0v) is 11.2. The van der Waals surface area contributed by atoms with Crippen molar-refractivity contribution >= 4 is 23.8 Å². The first-order valence-electron chi connectivity index (χ1n) is 6.02. The van der Waals surface area contributed by atoms with Gasteiger partial charge in [0.1, 0.15) is 0 Å². The standard InChI is InChI=1S/C15H13NO5/c1-21-13-8-12(7-10(9-17)14(13)18)16(15(19)20)11-5-3-2-4-6-11/h2-9,18H,1H3,(H,19,20). The van der Waals surface area contributed by atoms with E-state index >= 15 is 0 Å². The van der Waals surface area contributed by atoms with Gasteiger partial charge in [-0.3, -0.25) is 4.79 Å². The number of carbonyl (C=O) groups is 2. The maximum Gasteiger partial charge on any atom is 0.416 e. The molecule has 0 spiro atoms. The first kappa shape index (κ1) is 14.4. The predicted octanol–water partition coefficient (Wildman–Crippen LogP) is 3.03. The summed E-state index contributed by atoms with van der Waals surface area (Å²) in [6, 6.07) is 11.0. The number of methoxy groups -OCH3 is 1. The van der Waals surface area contributed by atoms with Crippen LogP contribution in [0.5, 0.6) is 11.5 Å². The van der Waals surface area contributed by atoms with Crippen LogP contribution in [-0.4, -0.2) is 29.7 Å². The number of hydrogen-bond donors (Lipinski definition) is 2. The molecule has 6 heteroatoms. The van der Waals surface area contributed by atoms with E-state index in [1.54, 1.807) is 30.3 Å². The molecule has 108 valence electrons. The molecule has 0 aliphatic rings. The first-order chi connectivity index (χ1) is 10.1. The molecule has 2 N–H and O–H groups in total. The van der Waals surface area contributed by atoms with E-state index in [2.05, 4.69) is 0 Å². The van der Waals surface area contributed by atoms with Crippen LogP contribution in [0.3, 0.4) is 0 Å². The molecule has 0 heterocycles. The molecule has 0 aromatic heterocycles. The Kier molecular flexibility index (Phi) is 4.08. The number of para-hydroxylation sites is 1. The number of aromatic hydroxyl groups is 1. The van der Waals surface area contributed by atoms with Crippen LogP contribution in [0.15, 0.2) is 42.5 Å². The Morgan fingerprint density at radius 1 is 1.19 bits per heavy atom. The topological polar surface area (TPSA) is 87.1 Å². The lowest BCUT2D eigenvalue weighted by Crippen LogP contribution is -2.23. The molecule has 0 radical (unpaired) electrons. The molecule has 2 rings (SSSR count). The second-order valence-corrected chi connectivity index (χ2v) is 4.16. The highest BCUT2D eigenvalue weighted by Crippen LogP contribution is 2.36. The summed E-state index contributed by atoms with van der Waals surface area (Å²) in [7, 11) is 1.32. The third-order valence-corrected chi connectivity index (χ3v) is 2.90. The third-order valence-electron chi connectivity index (χ3n) is 2.90. The van der Waals surface area contributed by atoms with E-state index in [1.165, 1.54) is 19.2 Å². The molecule has 0 fully saturated rings. The number of hydrogen-bond acceptors (Lipinski definition) is 4. The lowest BCUT2D eigenvalue weighted by atomic mass is 10.1. The summed E-state index contributed by atoms with van der Waals surface area (Å²) in [5.74, 6) is -0.300. The van der Waals surface area contributed by atoms with Gasteiger partial charge in [-0.15, -0.1) is 0 Å². The van der Waals surface area contributed by atoms with E-state index in [0.29, 0.717) is 12.0 Å². The van der Waals surface area contributed by atoms with Gasteiger partial charge < -0.3 is 14.9 Å². The van der Waals surface area contributed by atoms with Gasteiger partial charge in [0.2, 0.25) is 0 Å². The summed E-state index contributed by atoms with van der Waals surface area (Å²) < 4.78 is 4.97. The van der Waals surface area contributed by atoms with Crippen LogP contribution >= 0.6 is 0 Å². The molecule has 21 heavy (non-hydrogen) atoms. The van der Waals surface area contributed by atoms with Crippen LogP contribution < -0.4 is 9.64 Å². The minimum absolute atomic E-state index is 0.0248. The SMILES string of the molecule is COc1cc(N(C(=O)O)c2ccccc2)cc(C=O)c1O. The van der Waals surface area contributed by atoms with E-state index in [1.807, 2.05) is 0 Å². The third kappa shape index (κ3) is 2.79. The summed E-state index contributed by atoms with van der Waals surface area (Å²) in [5, 5.41) is 19.2. The molecule has 0 saturated carbocycles. The molecule has 0 saturated heterocycles. The lowest BCUT2D eigenvalue weighted by Gasteiger charge is -2.21. The number of phenols is 1. The van der Waals surface area contributed by atoms with Gasteiger partial charge in [-0.05, 0) is 18.2 Å². The molecule has 0 atom stereocenters. The number of amides is 1. The number of benzene rings is 2. The quantitative estimate of drug-likeness (QED) is 0.844. The number of aldehydes is 1. The normalized spacial score (nSPS) is 9.95. The highest BCUT2D eigenvalue weighted by molar-refractivity contribution is 5.97. The van der Waals surface area contributed by atoms with E-state index in [-0.39, 0.29) is 22.7 Å². The molecule has 2 aromatic rings. The fourth-order valence-electron chi connectivity index (χ4n) is 1.94. The number of anilines is 2. The Bertz CT molecular complexity index is 669. The minimum atomic E-state index is -1.22. The van der Waals surface area contributed by atoms with Crippen LogP contribution in [0, 0.1) is 0 Å². The van der Waals surface area contributed by atoms with Crippen molar-refractivity contribution in [3.8, 4) is 11.5 Å². The number of carbonyl (C=O) groups excluding carboxylic acids is 1. The molecule has 0 aliphatic carbocycles. The molecule has 0 bridgehead atoms. The van der Waals surface area contributed by atoms with Gasteiger partial charge in [-0.1, -0.05) is 18.2 Å². The van der Waals surface area contributed by atoms with Crippen molar-refractivity contribution in [2.24, 2.45) is 0 Å². The Morgan fingerprint density at radius 3 is 2.38 bits per heavy atom. The van der Waals surface area contributed by atoms with E-state index in [9.17, 15) is 19.8 Å². The highest BCUT2D eigenvalue weighted by Gasteiger charge is 2.20.